The van der Waals surface area contributed by atoms with Crippen molar-refractivity contribution in [2.75, 3.05) is 29.4 Å². The molecule has 0 aliphatic rings. The summed E-state index contributed by atoms with van der Waals surface area (Å²) in [5, 5.41) is 7.21. The first-order chi connectivity index (χ1) is 14.7. The van der Waals surface area contributed by atoms with E-state index in [0.717, 1.165) is 31.2 Å². The first-order valence-corrected chi connectivity index (χ1v) is 12.5. The lowest BCUT2D eigenvalue weighted by atomic mass is 10.1. The van der Waals surface area contributed by atoms with E-state index in [2.05, 4.69) is 22.3 Å². The molecule has 170 valence electrons. The molecular formula is C21H27Cl2N3O4S. The number of sulfonamides is 1. The number of hydrogen-bond acceptors (Lipinski definition) is 5. The van der Waals surface area contributed by atoms with Gasteiger partial charge in [-0.3, -0.25) is 9.52 Å². The number of rotatable bonds is 12. The summed E-state index contributed by atoms with van der Waals surface area (Å²) in [6.07, 6.45) is 3.89. The van der Waals surface area contributed by atoms with Crippen LogP contribution in [0.3, 0.4) is 0 Å². The van der Waals surface area contributed by atoms with E-state index < -0.39 is 10.0 Å². The highest BCUT2D eigenvalue weighted by atomic mass is 35.5. The molecule has 0 radical (unpaired) electrons. The molecule has 0 saturated heterocycles. The molecule has 0 fully saturated rings. The maximum atomic E-state index is 12.4. The molecule has 0 aliphatic carbocycles. The van der Waals surface area contributed by atoms with Crippen LogP contribution in [0.1, 0.15) is 26.2 Å². The number of anilines is 2. The number of carbonyl (C=O) groups is 1. The second kappa shape index (κ2) is 12.0. The first kappa shape index (κ1) is 25.1. The molecule has 0 heterocycles. The van der Waals surface area contributed by atoms with Crippen LogP contribution in [0, 0.1) is 0 Å². The molecule has 0 spiro atoms. The van der Waals surface area contributed by atoms with Crippen LogP contribution >= 0.6 is 23.2 Å². The highest BCUT2D eigenvalue weighted by Crippen LogP contribution is 2.25. The lowest BCUT2D eigenvalue weighted by molar-refractivity contribution is -0.123. The van der Waals surface area contributed by atoms with Gasteiger partial charge in [0.2, 0.25) is 10.0 Å². The van der Waals surface area contributed by atoms with Crippen molar-refractivity contribution in [1.82, 2.24) is 5.32 Å². The number of benzene rings is 2. The summed E-state index contributed by atoms with van der Waals surface area (Å²) in [7, 11) is -3.34. The third-order valence-corrected chi connectivity index (χ3v) is 5.62. The van der Waals surface area contributed by atoms with Crippen LogP contribution in [-0.4, -0.2) is 39.8 Å². The molecule has 0 aromatic heterocycles. The van der Waals surface area contributed by atoms with Gasteiger partial charge in [-0.1, -0.05) is 43.0 Å². The van der Waals surface area contributed by atoms with E-state index in [1.54, 1.807) is 36.4 Å². The number of carbonyl (C=O) groups excluding carboxylic acids is 1. The predicted octanol–water partition coefficient (Wildman–Crippen LogP) is 4.53. The third kappa shape index (κ3) is 9.67. The molecular weight excluding hydrogens is 461 g/mol. The zero-order chi connectivity index (χ0) is 22.9. The topological polar surface area (TPSA) is 96.5 Å². The van der Waals surface area contributed by atoms with Gasteiger partial charge in [0.15, 0.2) is 6.61 Å². The van der Waals surface area contributed by atoms with Crippen molar-refractivity contribution < 1.29 is 17.9 Å². The normalized spacial score (nSPS) is 12.1. The summed E-state index contributed by atoms with van der Waals surface area (Å²) >= 11 is 12.0. The number of amides is 1. The Kier molecular flexibility index (Phi) is 9.74. The van der Waals surface area contributed by atoms with Gasteiger partial charge in [-0.2, -0.15) is 0 Å². The van der Waals surface area contributed by atoms with Gasteiger partial charge < -0.3 is 15.4 Å². The number of hydrogen-bond donors (Lipinski definition) is 3. The summed E-state index contributed by atoms with van der Waals surface area (Å²) < 4.78 is 30.4. The number of ether oxygens (including phenoxy) is 1. The molecule has 0 saturated carbocycles. The Bertz CT molecular complexity index is 969. The summed E-state index contributed by atoms with van der Waals surface area (Å²) in [4.78, 5) is 12.4. The minimum Gasteiger partial charge on any atom is -0.484 e. The molecule has 1 amide bonds. The summed E-state index contributed by atoms with van der Waals surface area (Å²) in [6, 6.07) is 11.6. The second-order valence-electron chi connectivity index (χ2n) is 7.10. The average molecular weight is 488 g/mol. The Hall–Kier alpha value is -2.16. The average Bonchev–Trinajstić information content (AvgIpc) is 2.71. The smallest absolute Gasteiger partial charge is 0.258 e. The molecule has 0 aliphatic heterocycles. The maximum Gasteiger partial charge on any atom is 0.258 e. The van der Waals surface area contributed by atoms with Crippen molar-refractivity contribution in [3.8, 4) is 5.75 Å². The van der Waals surface area contributed by atoms with Crippen LogP contribution in [0.4, 0.5) is 11.4 Å². The van der Waals surface area contributed by atoms with Crippen LogP contribution in [0.25, 0.3) is 0 Å². The van der Waals surface area contributed by atoms with E-state index >= 15 is 0 Å². The van der Waals surface area contributed by atoms with E-state index in [4.69, 9.17) is 27.9 Å². The zero-order valence-electron chi connectivity index (χ0n) is 17.5. The standard InChI is InChI=1S/C21H27Cl2N3O4S/c1-3-4-5-17(13-24-16-8-11-19(22)20(23)12-16)25-21(27)14-30-18-9-6-15(7-10-18)26-31(2,28)29/h6-12,17,24,26H,3-5,13-14H2,1-2H3,(H,25,27)/t17-/m1/s1. The van der Waals surface area contributed by atoms with Gasteiger partial charge in [-0.15, -0.1) is 0 Å². The van der Waals surface area contributed by atoms with E-state index in [1.807, 2.05) is 6.07 Å². The second-order valence-corrected chi connectivity index (χ2v) is 9.67. The molecule has 31 heavy (non-hydrogen) atoms. The molecule has 2 aromatic carbocycles. The Morgan fingerprint density at radius 1 is 1.06 bits per heavy atom. The number of nitrogens with one attached hydrogen (secondary N) is 3. The van der Waals surface area contributed by atoms with Crippen LogP contribution < -0.4 is 20.1 Å². The van der Waals surface area contributed by atoms with Gasteiger partial charge in [-0.25, -0.2) is 8.42 Å². The van der Waals surface area contributed by atoms with Crippen LogP contribution in [0.2, 0.25) is 10.0 Å². The highest BCUT2D eigenvalue weighted by Gasteiger charge is 2.13. The van der Waals surface area contributed by atoms with Crippen molar-refractivity contribution in [3.05, 3.63) is 52.5 Å². The lowest BCUT2D eigenvalue weighted by Crippen LogP contribution is -2.42. The van der Waals surface area contributed by atoms with Crippen molar-refractivity contribution in [2.24, 2.45) is 0 Å². The summed E-state index contributed by atoms with van der Waals surface area (Å²) in [5.74, 6) is 0.226. The van der Waals surface area contributed by atoms with Gasteiger partial charge >= 0.3 is 0 Å². The summed E-state index contributed by atoms with van der Waals surface area (Å²) in [6.45, 7) is 2.49. The highest BCUT2D eigenvalue weighted by molar-refractivity contribution is 7.92. The van der Waals surface area contributed by atoms with Gasteiger partial charge in [-0.05, 0) is 48.9 Å². The fourth-order valence-electron chi connectivity index (χ4n) is 2.77. The molecule has 7 nitrogen and oxygen atoms in total. The van der Waals surface area contributed by atoms with Crippen molar-refractivity contribution in [1.29, 1.82) is 0 Å². The third-order valence-electron chi connectivity index (χ3n) is 4.27. The molecule has 3 N–H and O–H groups in total. The maximum absolute atomic E-state index is 12.4. The van der Waals surface area contributed by atoms with Gasteiger partial charge in [0.1, 0.15) is 5.75 Å². The SMILES string of the molecule is CCCC[C@H](CNc1ccc(Cl)c(Cl)c1)NC(=O)COc1ccc(NS(C)(=O)=O)cc1. The largest absolute Gasteiger partial charge is 0.484 e. The van der Waals surface area contributed by atoms with Crippen LogP contribution in [0.5, 0.6) is 5.75 Å². The Balaban J connectivity index is 1.85. The van der Waals surface area contributed by atoms with Crippen molar-refractivity contribution in [2.45, 2.75) is 32.2 Å². The zero-order valence-corrected chi connectivity index (χ0v) is 19.8. The fraction of sp³-hybridized carbons (Fsp3) is 0.381. The molecule has 1 atom stereocenters. The quantitative estimate of drug-likeness (QED) is 0.408. The van der Waals surface area contributed by atoms with Crippen LogP contribution in [0.15, 0.2) is 42.5 Å². The monoisotopic (exact) mass is 487 g/mol. The van der Waals surface area contributed by atoms with Gasteiger partial charge in [0.25, 0.3) is 5.91 Å². The van der Waals surface area contributed by atoms with E-state index in [0.29, 0.717) is 28.0 Å². The van der Waals surface area contributed by atoms with Gasteiger partial charge in [0.05, 0.1) is 16.3 Å². The molecule has 0 unspecified atom stereocenters. The molecule has 0 bridgehead atoms. The lowest BCUT2D eigenvalue weighted by Gasteiger charge is -2.20. The molecule has 2 aromatic rings. The van der Waals surface area contributed by atoms with Gasteiger partial charge in [0, 0.05) is 24.0 Å². The van der Waals surface area contributed by atoms with E-state index in [-0.39, 0.29) is 18.6 Å². The minimum atomic E-state index is -3.34. The Morgan fingerprint density at radius 3 is 2.35 bits per heavy atom. The Morgan fingerprint density at radius 2 is 1.74 bits per heavy atom. The van der Waals surface area contributed by atoms with Crippen molar-refractivity contribution >= 4 is 50.5 Å². The minimum absolute atomic E-state index is 0.0770. The van der Waals surface area contributed by atoms with Crippen LogP contribution in [-0.2, 0) is 14.8 Å². The Labute approximate surface area is 193 Å². The van der Waals surface area contributed by atoms with E-state index in [1.165, 1.54) is 0 Å². The molecule has 2 rings (SSSR count). The fourth-order valence-corrected chi connectivity index (χ4v) is 3.64. The molecule has 10 heteroatoms. The predicted molar refractivity (Wildman–Crippen MR) is 127 cm³/mol. The van der Waals surface area contributed by atoms with Crippen molar-refractivity contribution in [3.63, 3.8) is 0 Å². The summed E-state index contributed by atoms with van der Waals surface area (Å²) in [5.41, 5.74) is 1.25. The first-order valence-electron chi connectivity index (χ1n) is 9.85. The number of halogens is 2. The van der Waals surface area contributed by atoms with E-state index in [9.17, 15) is 13.2 Å². The number of unbranched alkanes of at least 4 members (excludes halogenated alkanes) is 1.